The van der Waals surface area contributed by atoms with Crippen molar-refractivity contribution in [1.29, 1.82) is 0 Å². The van der Waals surface area contributed by atoms with Gasteiger partial charge in [-0.2, -0.15) is 13.2 Å². The van der Waals surface area contributed by atoms with Gasteiger partial charge in [0.15, 0.2) is 20.4 Å². The molecule has 2 unspecified atom stereocenters. The summed E-state index contributed by atoms with van der Waals surface area (Å²) in [6.07, 6.45) is -9.34. The molecule has 0 fully saturated rings. The Labute approximate surface area is 434 Å². The van der Waals surface area contributed by atoms with Gasteiger partial charge < -0.3 is 19.3 Å². The Kier molecular flexibility index (Phi) is 15.3. The molecule has 68 heavy (non-hydrogen) atoms. The van der Waals surface area contributed by atoms with Gasteiger partial charge in [0.05, 0.1) is 6.10 Å². The van der Waals surface area contributed by atoms with Crippen LogP contribution in [-0.4, -0.2) is 22.5 Å². The molecule has 10 heteroatoms. The van der Waals surface area contributed by atoms with Crippen LogP contribution in [0.25, 0.3) is 43.4 Å². The first-order valence-electron chi connectivity index (χ1n) is 21.9. The van der Waals surface area contributed by atoms with Crippen molar-refractivity contribution in [2.45, 2.75) is 24.8 Å². The zero-order chi connectivity index (χ0) is 46.6. The quantitative estimate of drug-likeness (QED) is 0.134. The van der Waals surface area contributed by atoms with Crippen LogP contribution in [0.15, 0.2) is 237 Å². The molecule has 339 valence electrons. The van der Waals surface area contributed by atoms with Gasteiger partial charge in [-0.25, -0.2) is 0 Å². The van der Waals surface area contributed by atoms with Gasteiger partial charge >= 0.3 is 6.18 Å². The zero-order valence-corrected chi connectivity index (χ0v) is 40.7. The molecule has 0 saturated carbocycles. The topological polar surface area (TPSA) is 74.6 Å². The van der Waals surface area contributed by atoms with E-state index in [0.717, 1.165) is 75.3 Å². The van der Waals surface area contributed by atoms with E-state index in [-0.39, 0.29) is 49.4 Å². The Bertz CT molecular complexity index is 3160. The second-order valence-electron chi connectivity index (χ2n) is 16.3. The summed E-state index contributed by atoms with van der Waals surface area (Å²) in [5, 5.41) is 28.9. The van der Waals surface area contributed by atoms with E-state index in [4.69, 9.17) is 5.11 Å². The van der Waals surface area contributed by atoms with E-state index in [9.17, 15) is 18.3 Å². The summed E-state index contributed by atoms with van der Waals surface area (Å²) in [6, 6.07) is 76.2. The van der Waals surface area contributed by atoms with Crippen LogP contribution in [0, 0.1) is 49.4 Å². The Balaban J connectivity index is 0.000000263. The molecule has 10 aromatic rings. The smallest absolute Gasteiger partial charge is 0.388 e. The van der Waals surface area contributed by atoms with Crippen LogP contribution in [0.2, 0.25) is 0 Å². The molecule has 0 bridgehead atoms. The minimum Gasteiger partial charge on any atom is -0.388 e. The molecule has 2 atom stereocenters. The van der Waals surface area contributed by atoms with Gasteiger partial charge in [0.25, 0.3) is 0 Å². The molecule has 0 heterocycles. The molecule has 0 amide bonds. The SMILES string of the molecule is O=P(c1ccccc1)(c1ccccc1)c1ccc2ccccc2c1-c1c(P(=O)(c2ccccc2)c2ccccc2)ccc2ccccc12.OC(CC(O)C(F)(F)F)c1ccc2ccccc2c1.[Eu]. The van der Waals surface area contributed by atoms with Gasteiger partial charge in [0.2, 0.25) is 0 Å². The number of fused-ring (bicyclic) bond motifs is 3. The van der Waals surface area contributed by atoms with Crippen molar-refractivity contribution < 1.29 is 81.9 Å². The van der Waals surface area contributed by atoms with Crippen LogP contribution in [0.5, 0.6) is 0 Å². The van der Waals surface area contributed by atoms with E-state index in [0.29, 0.717) is 5.56 Å². The van der Waals surface area contributed by atoms with Crippen LogP contribution >= 0.6 is 14.3 Å². The first-order valence-corrected chi connectivity index (χ1v) is 25.3. The van der Waals surface area contributed by atoms with Crippen molar-refractivity contribution in [1.82, 2.24) is 0 Å². The van der Waals surface area contributed by atoms with E-state index >= 15 is 9.13 Å². The van der Waals surface area contributed by atoms with Crippen molar-refractivity contribution in [2.24, 2.45) is 0 Å². The minimum atomic E-state index is -4.71. The number of rotatable bonds is 10. The molecule has 0 aliphatic heterocycles. The average Bonchev–Trinajstić information content (AvgIpc) is 3.38. The fraction of sp³-hybridized carbons (Fsp3) is 0.0690. The van der Waals surface area contributed by atoms with Crippen LogP contribution in [0.4, 0.5) is 13.2 Å². The van der Waals surface area contributed by atoms with Crippen molar-refractivity contribution >= 4 is 78.4 Å². The molecule has 0 saturated heterocycles. The number of aliphatic hydroxyl groups excluding tert-OH is 2. The first-order chi connectivity index (χ1) is 32.5. The third-order valence-electron chi connectivity index (χ3n) is 12.2. The summed E-state index contributed by atoms with van der Waals surface area (Å²) in [5.41, 5.74) is 2.06. The van der Waals surface area contributed by atoms with E-state index in [2.05, 4.69) is 36.4 Å². The predicted molar refractivity (Wildman–Crippen MR) is 271 cm³/mol. The van der Waals surface area contributed by atoms with Gasteiger partial charge in [0.1, 0.15) is 0 Å². The molecule has 10 rings (SSSR count). The molecule has 1 radical (unpaired) electrons. The predicted octanol–water partition coefficient (Wildman–Crippen LogP) is 12.1. The zero-order valence-electron chi connectivity index (χ0n) is 36.5. The van der Waals surface area contributed by atoms with Crippen LogP contribution < -0.4 is 31.8 Å². The maximum absolute atomic E-state index is 16.2. The normalized spacial score (nSPS) is 12.7. The molecule has 0 aliphatic carbocycles. The summed E-state index contributed by atoms with van der Waals surface area (Å²) < 4.78 is 69.1. The first kappa shape index (κ1) is 49.2. The Hall–Kier alpha value is -5.27. The Morgan fingerprint density at radius 2 is 0.721 bits per heavy atom. The van der Waals surface area contributed by atoms with Crippen molar-refractivity contribution in [3.63, 3.8) is 0 Å². The monoisotopic (exact) mass is 1080 g/mol. The van der Waals surface area contributed by atoms with Crippen molar-refractivity contribution in [2.75, 3.05) is 0 Å². The summed E-state index contributed by atoms with van der Waals surface area (Å²) in [4.78, 5) is 0. The molecule has 10 aromatic carbocycles. The molecule has 0 spiro atoms. The number of hydrogen-bond acceptors (Lipinski definition) is 4. The second-order valence-corrected chi connectivity index (χ2v) is 21.8. The van der Waals surface area contributed by atoms with E-state index < -0.39 is 39.1 Å². The standard InChI is InChI=1S/C44H32O2P2.C14H13F3O2.Eu/c45-47(35-19-5-1-6-20-35,36-21-7-2-8-22-36)41-31-29-33-17-13-15-27-39(33)43(41)44-40-28-16-14-18-34(40)30-32-42(44)48(46,37-23-9-3-10-24-37)38-25-11-4-12-26-38;15-14(16,17)13(19)8-12(18)11-6-5-9-3-1-2-4-10(9)7-11;/h1-32H;1-7,12-13,18-19H,8H2;. The molecule has 0 aliphatic rings. The van der Waals surface area contributed by atoms with E-state index in [1.54, 1.807) is 18.2 Å². The molecular weight excluding hydrogens is 1030 g/mol. The molecule has 4 nitrogen and oxygen atoms in total. The van der Waals surface area contributed by atoms with E-state index in [1.165, 1.54) is 0 Å². The fourth-order valence-electron chi connectivity index (χ4n) is 8.87. The van der Waals surface area contributed by atoms with Gasteiger partial charge in [-0.15, -0.1) is 0 Å². The second kappa shape index (κ2) is 21.2. The average molecular weight is 1080 g/mol. The van der Waals surface area contributed by atoms with Gasteiger partial charge in [-0.05, 0) is 56.1 Å². The van der Waals surface area contributed by atoms with Gasteiger partial charge in [-0.3, -0.25) is 0 Å². The Morgan fingerprint density at radius 1 is 0.397 bits per heavy atom. The number of aliphatic hydroxyl groups is 2. The summed E-state index contributed by atoms with van der Waals surface area (Å²) in [6.45, 7) is 0. The fourth-order valence-corrected chi connectivity index (χ4v) is 14.6. The third kappa shape index (κ3) is 9.80. The summed E-state index contributed by atoms with van der Waals surface area (Å²) in [7, 11) is -6.94. The van der Waals surface area contributed by atoms with Crippen molar-refractivity contribution in [3.05, 3.63) is 242 Å². The maximum Gasteiger partial charge on any atom is 0.414 e. The minimum absolute atomic E-state index is 0. The molecule has 2 N–H and O–H groups in total. The van der Waals surface area contributed by atoms with Gasteiger partial charge in [0, 0.05) is 98.8 Å². The van der Waals surface area contributed by atoms with Crippen molar-refractivity contribution in [3.8, 4) is 11.1 Å². The van der Waals surface area contributed by atoms with Crippen LogP contribution in [0.3, 0.4) is 0 Å². The van der Waals surface area contributed by atoms with Crippen LogP contribution in [-0.2, 0) is 9.13 Å². The number of halogens is 3. The van der Waals surface area contributed by atoms with E-state index in [1.807, 2.05) is 182 Å². The maximum atomic E-state index is 16.2. The Morgan fingerprint density at radius 3 is 1.10 bits per heavy atom. The summed E-state index contributed by atoms with van der Waals surface area (Å²) in [5.74, 6) is 0. The van der Waals surface area contributed by atoms with Gasteiger partial charge in [-0.1, -0.05) is 218 Å². The molecule has 0 aromatic heterocycles. The third-order valence-corrected chi connectivity index (χ3v) is 18.4. The molecular formula is C58H45EuF3O4P2. The van der Waals surface area contributed by atoms with Crippen LogP contribution in [0.1, 0.15) is 18.1 Å². The largest absolute Gasteiger partial charge is 0.414 e. The number of benzene rings is 10. The number of hydrogen-bond donors (Lipinski definition) is 2. The summed E-state index contributed by atoms with van der Waals surface area (Å²) >= 11 is 0. The number of alkyl halides is 3.